The Morgan fingerprint density at radius 1 is 1.29 bits per heavy atom. The highest BCUT2D eigenvalue weighted by Gasteiger charge is 2.60. The lowest BCUT2D eigenvalue weighted by Crippen LogP contribution is -2.03. The van der Waals surface area contributed by atoms with Crippen LogP contribution in [0.25, 0.3) is 5.57 Å². The first-order chi connectivity index (χ1) is 7.94. The van der Waals surface area contributed by atoms with Gasteiger partial charge in [-0.05, 0) is 29.4 Å². The summed E-state index contributed by atoms with van der Waals surface area (Å²) in [5.74, 6) is -0.765. The van der Waals surface area contributed by atoms with E-state index < -0.39 is 5.97 Å². The third-order valence-electron chi connectivity index (χ3n) is 3.84. The Labute approximate surface area is 102 Å². The number of carboxylic acid groups (broad SMARTS) is 1. The Morgan fingerprint density at radius 2 is 1.88 bits per heavy atom. The van der Waals surface area contributed by atoms with Crippen LogP contribution in [0.4, 0.5) is 0 Å². The van der Waals surface area contributed by atoms with Crippen molar-refractivity contribution in [2.24, 2.45) is 17.3 Å². The second kappa shape index (κ2) is 4.02. The average molecular weight is 230 g/mol. The number of carbonyl (C=O) groups is 1. The number of carboxylic acids is 1. The summed E-state index contributed by atoms with van der Waals surface area (Å²) < 4.78 is 0. The first-order valence-corrected chi connectivity index (χ1v) is 5.91. The van der Waals surface area contributed by atoms with Crippen molar-refractivity contribution >= 4 is 11.5 Å². The van der Waals surface area contributed by atoms with E-state index in [0.29, 0.717) is 0 Å². The van der Waals surface area contributed by atoms with Gasteiger partial charge in [-0.2, -0.15) is 0 Å². The van der Waals surface area contributed by atoms with Crippen molar-refractivity contribution in [3.8, 4) is 0 Å². The van der Waals surface area contributed by atoms with E-state index in [9.17, 15) is 4.79 Å². The van der Waals surface area contributed by atoms with Gasteiger partial charge in [-0.25, -0.2) is 0 Å². The van der Waals surface area contributed by atoms with Crippen LogP contribution in [0.1, 0.15) is 26.3 Å². The second-order valence-electron chi connectivity index (χ2n) is 5.38. The zero-order valence-corrected chi connectivity index (χ0v) is 10.5. The molecule has 0 spiro atoms. The fourth-order valence-corrected chi connectivity index (χ4v) is 2.53. The van der Waals surface area contributed by atoms with Gasteiger partial charge in [-0.15, -0.1) is 0 Å². The van der Waals surface area contributed by atoms with E-state index in [1.807, 2.05) is 39.0 Å². The van der Waals surface area contributed by atoms with Crippen LogP contribution in [0.2, 0.25) is 0 Å². The first-order valence-electron chi connectivity index (χ1n) is 5.91. The van der Waals surface area contributed by atoms with Gasteiger partial charge in [0.05, 0.1) is 5.92 Å². The molecule has 17 heavy (non-hydrogen) atoms. The molecule has 1 aliphatic rings. The van der Waals surface area contributed by atoms with Crippen molar-refractivity contribution in [1.29, 1.82) is 0 Å². The molecule has 0 heterocycles. The van der Waals surface area contributed by atoms with Gasteiger partial charge in [0.15, 0.2) is 0 Å². The number of benzene rings is 1. The lowest BCUT2D eigenvalue weighted by Gasteiger charge is -2.02. The van der Waals surface area contributed by atoms with Gasteiger partial charge in [0.2, 0.25) is 0 Å². The van der Waals surface area contributed by atoms with E-state index in [0.717, 1.165) is 5.57 Å². The van der Waals surface area contributed by atoms with Crippen molar-refractivity contribution in [3.63, 3.8) is 0 Å². The molecule has 90 valence electrons. The molecule has 2 unspecified atom stereocenters. The van der Waals surface area contributed by atoms with E-state index in [4.69, 9.17) is 5.11 Å². The monoisotopic (exact) mass is 230 g/mol. The molecule has 1 saturated carbocycles. The van der Waals surface area contributed by atoms with Gasteiger partial charge >= 0.3 is 5.97 Å². The molecule has 1 fully saturated rings. The van der Waals surface area contributed by atoms with E-state index in [-0.39, 0.29) is 17.3 Å². The van der Waals surface area contributed by atoms with Crippen LogP contribution in [0.3, 0.4) is 0 Å². The molecule has 0 saturated heterocycles. The minimum atomic E-state index is -0.683. The van der Waals surface area contributed by atoms with E-state index in [2.05, 4.69) is 18.2 Å². The molecular formula is C15H18O2. The predicted octanol–water partition coefficient (Wildman–Crippen LogP) is 3.45. The maximum atomic E-state index is 11.1. The van der Waals surface area contributed by atoms with Crippen molar-refractivity contribution < 1.29 is 9.90 Å². The van der Waals surface area contributed by atoms with Crippen LogP contribution >= 0.6 is 0 Å². The maximum absolute atomic E-state index is 11.1. The predicted molar refractivity (Wildman–Crippen MR) is 68.5 cm³/mol. The molecule has 2 heteroatoms. The Balaban J connectivity index is 2.20. The van der Waals surface area contributed by atoms with Crippen LogP contribution in [0.5, 0.6) is 0 Å². The highest BCUT2D eigenvalue weighted by atomic mass is 16.4. The Morgan fingerprint density at radius 3 is 2.35 bits per heavy atom. The molecule has 1 aromatic carbocycles. The molecule has 0 amide bonds. The topological polar surface area (TPSA) is 37.3 Å². The van der Waals surface area contributed by atoms with Crippen molar-refractivity contribution in [1.82, 2.24) is 0 Å². The van der Waals surface area contributed by atoms with E-state index in [1.54, 1.807) is 0 Å². The third kappa shape index (κ3) is 2.12. The summed E-state index contributed by atoms with van der Waals surface area (Å²) >= 11 is 0. The highest BCUT2D eigenvalue weighted by molar-refractivity contribution is 5.77. The summed E-state index contributed by atoms with van der Waals surface area (Å²) in [5, 5.41) is 9.11. The Bertz CT molecular complexity index is 457. The van der Waals surface area contributed by atoms with Crippen molar-refractivity contribution in [2.45, 2.75) is 20.8 Å². The number of allylic oxidation sites excluding steroid dienone is 2. The quantitative estimate of drug-likeness (QED) is 0.863. The maximum Gasteiger partial charge on any atom is 0.307 e. The van der Waals surface area contributed by atoms with Crippen LogP contribution < -0.4 is 0 Å². The van der Waals surface area contributed by atoms with Crippen LogP contribution in [-0.4, -0.2) is 11.1 Å². The molecule has 2 nitrogen and oxygen atoms in total. The summed E-state index contributed by atoms with van der Waals surface area (Å²) in [6.07, 6.45) is 2.11. The molecular weight excluding hydrogens is 212 g/mol. The SMILES string of the molecule is C/C(=C\C1C(C(=O)O)C1(C)C)c1ccccc1. The Kier molecular flexibility index (Phi) is 2.82. The highest BCUT2D eigenvalue weighted by Crippen LogP contribution is 2.59. The van der Waals surface area contributed by atoms with Crippen LogP contribution in [0, 0.1) is 17.3 Å². The molecule has 1 aromatic rings. The zero-order chi connectivity index (χ0) is 12.6. The molecule has 0 bridgehead atoms. The Hall–Kier alpha value is -1.57. The van der Waals surface area contributed by atoms with Gasteiger partial charge in [0.25, 0.3) is 0 Å². The summed E-state index contributed by atoms with van der Waals surface area (Å²) in [4.78, 5) is 11.1. The van der Waals surface area contributed by atoms with Crippen LogP contribution in [0.15, 0.2) is 36.4 Å². The molecule has 0 radical (unpaired) electrons. The molecule has 1 aliphatic carbocycles. The van der Waals surface area contributed by atoms with Gasteiger partial charge in [-0.1, -0.05) is 50.3 Å². The number of aliphatic carboxylic acids is 1. The van der Waals surface area contributed by atoms with Gasteiger partial charge < -0.3 is 5.11 Å². The van der Waals surface area contributed by atoms with Crippen LogP contribution in [-0.2, 0) is 4.79 Å². The summed E-state index contributed by atoms with van der Waals surface area (Å²) in [7, 11) is 0. The first kappa shape index (κ1) is 11.9. The van der Waals surface area contributed by atoms with E-state index >= 15 is 0 Å². The average Bonchev–Trinajstić information content (AvgIpc) is 2.81. The van der Waals surface area contributed by atoms with Gasteiger partial charge in [0.1, 0.15) is 0 Å². The fraction of sp³-hybridized carbons (Fsp3) is 0.400. The second-order valence-corrected chi connectivity index (χ2v) is 5.38. The van der Waals surface area contributed by atoms with Crippen molar-refractivity contribution in [3.05, 3.63) is 42.0 Å². The number of hydrogen-bond acceptors (Lipinski definition) is 1. The minimum Gasteiger partial charge on any atom is -0.481 e. The molecule has 0 aromatic heterocycles. The van der Waals surface area contributed by atoms with Crippen molar-refractivity contribution in [2.75, 3.05) is 0 Å². The minimum absolute atomic E-state index is 0.109. The number of rotatable bonds is 3. The summed E-state index contributed by atoms with van der Waals surface area (Å²) in [6.45, 7) is 6.08. The molecule has 0 aliphatic heterocycles. The van der Waals surface area contributed by atoms with Gasteiger partial charge in [-0.3, -0.25) is 4.79 Å². The van der Waals surface area contributed by atoms with E-state index in [1.165, 1.54) is 5.56 Å². The zero-order valence-electron chi connectivity index (χ0n) is 10.5. The lowest BCUT2D eigenvalue weighted by molar-refractivity contribution is -0.139. The smallest absolute Gasteiger partial charge is 0.307 e. The summed E-state index contributed by atoms with van der Waals surface area (Å²) in [5.41, 5.74) is 2.22. The molecule has 2 rings (SSSR count). The fourth-order valence-electron chi connectivity index (χ4n) is 2.53. The normalized spacial score (nSPS) is 26.6. The van der Waals surface area contributed by atoms with Gasteiger partial charge in [0, 0.05) is 0 Å². The standard InChI is InChI=1S/C15H18O2/c1-10(11-7-5-4-6-8-11)9-12-13(14(16)17)15(12,2)3/h4-9,12-13H,1-3H3,(H,16,17)/b10-9+. The molecule has 2 atom stereocenters. The third-order valence-corrected chi connectivity index (χ3v) is 3.84. The largest absolute Gasteiger partial charge is 0.481 e. The molecule has 1 N–H and O–H groups in total. The lowest BCUT2D eigenvalue weighted by atomic mass is 10.0. The summed E-state index contributed by atoms with van der Waals surface area (Å²) in [6, 6.07) is 10.1. The number of hydrogen-bond donors (Lipinski definition) is 1.